The molecular formula is C14H17NO2. The Kier molecular flexibility index (Phi) is 3.03. The number of hydrogen-bond donors (Lipinski definition) is 1. The van der Waals surface area contributed by atoms with Crippen LogP contribution in [0.5, 0.6) is 0 Å². The molecule has 3 nitrogen and oxygen atoms in total. The number of rotatable bonds is 3. The Morgan fingerprint density at radius 3 is 2.88 bits per heavy atom. The van der Waals surface area contributed by atoms with E-state index in [1.807, 2.05) is 19.1 Å². The molecule has 2 N–H and O–H groups in total. The highest BCUT2D eigenvalue weighted by atomic mass is 16.5. The molecule has 2 unspecified atom stereocenters. The van der Waals surface area contributed by atoms with E-state index in [-0.39, 0.29) is 18.5 Å². The van der Waals surface area contributed by atoms with Crippen molar-refractivity contribution in [1.82, 2.24) is 0 Å². The second-order valence-corrected chi connectivity index (χ2v) is 4.75. The number of carbonyl (C=O) groups is 1. The monoisotopic (exact) mass is 231 g/mol. The second-order valence-electron chi connectivity index (χ2n) is 4.75. The van der Waals surface area contributed by atoms with E-state index in [1.54, 1.807) is 0 Å². The predicted octanol–water partition coefficient (Wildman–Crippen LogP) is 2.08. The topological polar surface area (TPSA) is 52.3 Å². The zero-order valence-corrected chi connectivity index (χ0v) is 10.1. The van der Waals surface area contributed by atoms with Gasteiger partial charge in [-0.3, -0.25) is 4.79 Å². The third-order valence-electron chi connectivity index (χ3n) is 3.10. The van der Waals surface area contributed by atoms with Crippen LogP contribution in [0, 0.1) is 0 Å². The van der Waals surface area contributed by atoms with Gasteiger partial charge in [-0.2, -0.15) is 0 Å². The molecule has 2 atom stereocenters. The van der Waals surface area contributed by atoms with Crippen LogP contribution in [0.25, 0.3) is 6.08 Å². The standard InChI is InChI=1S/C14H17NO2/c1-10(16)17-9-14(2,15)13-8-7-11-5-3-4-6-12(11)13/h3-8,13H,9,15H2,1-2H3. The molecule has 0 bridgehead atoms. The molecule has 3 heteroatoms. The molecule has 17 heavy (non-hydrogen) atoms. The first kappa shape index (κ1) is 11.9. The van der Waals surface area contributed by atoms with Gasteiger partial charge in [-0.25, -0.2) is 0 Å². The van der Waals surface area contributed by atoms with Crippen LogP contribution in [0.3, 0.4) is 0 Å². The zero-order chi connectivity index (χ0) is 12.5. The molecule has 0 heterocycles. The Balaban J connectivity index is 2.19. The lowest BCUT2D eigenvalue weighted by molar-refractivity contribution is -0.142. The van der Waals surface area contributed by atoms with E-state index in [1.165, 1.54) is 18.1 Å². The third kappa shape index (κ3) is 2.39. The van der Waals surface area contributed by atoms with Gasteiger partial charge < -0.3 is 10.5 Å². The number of fused-ring (bicyclic) bond motifs is 1. The van der Waals surface area contributed by atoms with Crippen LogP contribution in [0.2, 0.25) is 0 Å². The average molecular weight is 231 g/mol. The van der Waals surface area contributed by atoms with Crippen molar-refractivity contribution in [1.29, 1.82) is 0 Å². The summed E-state index contributed by atoms with van der Waals surface area (Å²) in [5, 5.41) is 0. The van der Waals surface area contributed by atoms with Gasteiger partial charge in [0.05, 0.1) is 5.54 Å². The van der Waals surface area contributed by atoms with Crippen LogP contribution in [0.1, 0.15) is 30.9 Å². The average Bonchev–Trinajstić information content (AvgIpc) is 2.71. The quantitative estimate of drug-likeness (QED) is 0.810. The summed E-state index contributed by atoms with van der Waals surface area (Å²) in [6, 6.07) is 8.14. The van der Waals surface area contributed by atoms with E-state index in [2.05, 4.69) is 24.3 Å². The summed E-state index contributed by atoms with van der Waals surface area (Å²) in [5.74, 6) is -0.199. The van der Waals surface area contributed by atoms with E-state index in [0.717, 1.165) is 0 Å². The van der Waals surface area contributed by atoms with Crippen LogP contribution in [-0.2, 0) is 9.53 Å². The maximum Gasteiger partial charge on any atom is 0.302 e. The fraction of sp³-hybridized carbons (Fsp3) is 0.357. The van der Waals surface area contributed by atoms with Crippen molar-refractivity contribution in [3.63, 3.8) is 0 Å². The number of ether oxygens (including phenoxy) is 1. The number of esters is 1. The molecule has 0 saturated heterocycles. The van der Waals surface area contributed by atoms with Gasteiger partial charge in [0.1, 0.15) is 6.61 Å². The third-order valence-corrected chi connectivity index (χ3v) is 3.10. The Morgan fingerprint density at radius 1 is 1.47 bits per heavy atom. The van der Waals surface area contributed by atoms with E-state index in [4.69, 9.17) is 10.5 Å². The van der Waals surface area contributed by atoms with E-state index >= 15 is 0 Å². The zero-order valence-electron chi connectivity index (χ0n) is 10.1. The van der Waals surface area contributed by atoms with Gasteiger partial charge >= 0.3 is 5.97 Å². The van der Waals surface area contributed by atoms with Crippen LogP contribution in [-0.4, -0.2) is 18.1 Å². The van der Waals surface area contributed by atoms with Crippen molar-refractivity contribution in [3.8, 4) is 0 Å². The molecule has 1 aromatic carbocycles. The summed E-state index contributed by atoms with van der Waals surface area (Å²) < 4.78 is 5.04. The minimum absolute atomic E-state index is 0.0954. The normalized spacial score (nSPS) is 20.8. The number of carbonyl (C=O) groups excluding carboxylic acids is 1. The second kappa shape index (κ2) is 4.34. The van der Waals surface area contributed by atoms with Gasteiger partial charge in [-0.1, -0.05) is 36.4 Å². The molecule has 1 aromatic rings. The molecule has 90 valence electrons. The Bertz CT molecular complexity index is 463. The highest BCUT2D eigenvalue weighted by Crippen LogP contribution is 2.36. The van der Waals surface area contributed by atoms with Gasteiger partial charge in [0.25, 0.3) is 0 Å². The Labute approximate surface area is 101 Å². The number of benzene rings is 1. The van der Waals surface area contributed by atoms with Crippen molar-refractivity contribution in [2.75, 3.05) is 6.61 Å². The summed E-state index contributed by atoms with van der Waals surface area (Å²) in [5.41, 5.74) is 8.07. The lowest BCUT2D eigenvalue weighted by atomic mass is 9.83. The predicted molar refractivity (Wildman–Crippen MR) is 67.4 cm³/mol. The van der Waals surface area contributed by atoms with Gasteiger partial charge in [0.2, 0.25) is 0 Å². The van der Waals surface area contributed by atoms with Gasteiger partial charge in [0.15, 0.2) is 0 Å². The summed E-state index contributed by atoms with van der Waals surface area (Å²) in [4.78, 5) is 10.9. The maximum atomic E-state index is 10.9. The van der Waals surface area contributed by atoms with Gasteiger partial charge in [0, 0.05) is 12.8 Å². The van der Waals surface area contributed by atoms with Crippen molar-refractivity contribution >= 4 is 12.0 Å². The molecule has 2 rings (SSSR count). The SMILES string of the molecule is CC(=O)OCC(C)(N)C1C=Cc2ccccc21. The first-order valence-corrected chi connectivity index (χ1v) is 5.70. The highest BCUT2D eigenvalue weighted by Gasteiger charge is 2.34. The highest BCUT2D eigenvalue weighted by molar-refractivity contribution is 5.66. The Morgan fingerprint density at radius 2 is 2.18 bits per heavy atom. The largest absolute Gasteiger partial charge is 0.464 e. The molecule has 0 aromatic heterocycles. The smallest absolute Gasteiger partial charge is 0.302 e. The number of hydrogen-bond acceptors (Lipinski definition) is 3. The first-order chi connectivity index (χ1) is 8.00. The van der Waals surface area contributed by atoms with Crippen LogP contribution in [0.4, 0.5) is 0 Å². The molecule has 1 aliphatic carbocycles. The Hall–Kier alpha value is -1.61. The van der Waals surface area contributed by atoms with Gasteiger partial charge in [-0.05, 0) is 18.1 Å². The van der Waals surface area contributed by atoms with Crippen LogP contribution < -0.4 is 5.73 Å². The van der Waals surface area contributed by atoms with E-state index in [9.17, 15) is 4.79 Å². The van der Waals surface area contributed by atoms with Crippen molar-refractivity contribution in [3.05, 3.63) is 41.5 Å². The molecular weight excluding hydrogens is 214 g/mol. The summed E-state index contributed by atoms with van der Waals surface area (Å²) >= 11 is 0. The summed E-state index contributed by atoms with van der Waals surface area (Å²) in [6.45, 7) is 3.53. The fourth-order valence-corrected chi connectivity index (χ4v) is 2.17. The van der Waals surface area contributed by atoms with E-state index in [0.29, 0.717) is 0 Å². The summed E-state index contributed by atoms with van der Waals surface area (Å²) in [7, 11) is 0. The lowest BCUT2D eigenvalue weighted by Gasteiger charge is -2.30. The van der Waals surface area contributed by atoms with Crippen molar-refractivity contribution in [2.45, 2.75) is 25.3 Å². The fourth-order valence-electron chi connectivity index (χ4n) is 2.17. The molecule has 0 amide bonds. The van der Waals surface area contributed by atoms with Crippen molar-refractivity contribution < 1.29 is 9.53 Å². The van der Waals surface area contributed by atoms with Crippen molar-refractivity contribution in [2.24, 2.45) is 5.73 Å². The molecule has 0 fully saturated rings. The van der Waals surface area contributed by atoms with E-state index < -0.39 is 5.54 Å². The minimum atomic E-state index is -0.575. The molecule has 0 radical (unpaired) electrons. The van der Waals surface area contributed by atoms with Crippen LogP contribution in [0.15, 0.2) is 30.3 Å². The molecule has 1 aliphatic rings. The minimum Gasteiger partial charge on any atom is -0.464 e. The molecule has 0 saturated carbocycles. The summed E-state index contributed by atoms with van der Waals surface area (Å²) in [6.07, 6.45) is 4.15. The van der Waals surface area contributed by atoms with Gasteiger partial charge in [-0.15, -0.1) is 0 Å². The molecule has 0 spiro atoms. The number of nitrogens with two attached hydrogens (primary N) is 1. The molecule has 0 aliphatic heterocycles. The first-order valence-electron chi connectivity index (χ1n) is 5.70. The maximum absolute atomic E-state index is 10.9. The van der Waals surface area contributed by atoms with Crippen LogP contribution >= 0.6 is 0 Å². The lowest BCUT2D eigenvalue weighted by Crippen LogP contribution is -2.46.